The number of methoxy groups -OCH3 is 1. The van der Waals surface area contributed by atoms with Crippen LogP contribution in [0.1, 0.15) is 58.7 Å². The number of carbonyl (C=O) groups excluding carboxylic acids is 3. The number of ether oxygens (including phenoxy) is 5. The summed E-state index contributed by atoms with van der Waals surface area (Å²) in [5.41, 5.74) is 0.757. The highest BCUT2D eigenvalue weighted by atomic mass is 19.4. The number of alkyl halides is 6. The molecule has 1 aliphatic heterocycles. The van der Waals surface area contributed by atoms with Crippen molar-refractivity contribution in [3.05, 3.63) is 47.7 Å². The average Bonchev–Trinajstić information content (AvgIpc) is 3.59. The number of H-pyrrole nitrogens is 1. The fraction of sp³-hybridized carbons (Fsp3) is 0.556. The molecule has 0 radical (unpaired) electrons. The van der Waals surface area contributed by atoms with Gasteiger partial charge in [0.15, 0.2) is 5.82 Å². The predicted octanol–water partition coefficient (Wildman–Crippen LogP) is 3.71. The van der Waals surface area contributed by atoms with Crippen LogP contribution in [0.3, 0.4) is 0 Å². The first-order valence-electron chi connectivity index (χ1n) is 14.5. The van der Waals surface area contributed by atoms with Gasteiger partial charge in [0.05, 0.1) is 69.2 Å². The van der Waals surface area contributed by atoms with Gasteiger partial charge >= 0.3 is 24.8 Å². The number of nitrogens with zero attached hydrogens (tertiary/aromatic N) is 5. The Kier molecular flexibility index (Phi) is 11.9. The van der Waals surface area contributed by atoms with E-state index in [0.29, 0.717) is 12.1 Å². The van der Waals surface area contributed by atoms with Crippen LogP contribution in [0.15, 0.2) is 30.9 Å². The SMILES string of the molecule is CC1(NC(=O)O[C@H]2CO[C@@H](c3cc(NC(=O)c4cnn(CCOC(F)(F)F)c4)n[nH]3)C2)CC1.COC(=O)c1cnn(CCOC(F)(F)F)c1. The molecule has 1 saturated heterocycles. The van der Waals surface area contributed by atoms with E-state index < -0.39 is 50.0 Å². The second kappa shape index (κ2) is 15.7. The first kappa shape index (κ1) is 37.1. The van der Waals surface area contributed by atoms with Crippen molar-refractivity contribution in [1.82, 2.24) is 35.1 Å². The van der Waals surface area contributed by atoms with Gasteiger partial charge in [-0.05, 0) is 19.8 Å². The largest absolute Gasteiger partial charge is 0.522 e. The molecule has 2 fully saturated rings. The summed E-state index contributed by atoms with van der Waals surface area (Å²) in [6.45, 7) is 0.742. The average molecular weight is 711 g/mol. The Balaban J connectivity index is 0.000000284. The van der Waals surface area contributed by atoms with Gasteiger partial charge in [0, 0.05) is 30.4 Å². The van der Waals surface area contributed by atoms with Gasteiger partial charge in [-0.2, -0.15) is 15.3 Å². The van der Waals surface area contributed by atoms with Crippen LogP contribution in [0, 0.1) is 0 Å². The van der Waals surface area contributed by atoms with Crippen molar-refractivity contribution in [3.63, 3.8) is 0 Å². The van der Waals surface area contributed by atoms with Crippen LogP contribution in [0.25, 0.3) is 0 Å². The highest BCUT2D eigenvalue weighted by molar-refractivity contribution is 6.03. The molecule has 2 aliphatic rings. The van der Waals surface area contributed by atoms with Gasteiger partial charge in [-0.15, -0.1) is 26.3 Å². The third-order valence-corrected chi connectivity index (χ3v) is 6.95. The Labute approximate surface area is 273 Å². The van der Waals surface area contributed by atoms with Crippen LogP contribution in [0.2, 0.25) is 0 Å². The summed E-state index contributed by atoms with van der Waals surface area (Å²) in [5.74, 6) is -0.895. The predicted molar refractivity (Wildman–Crippen MR) is 151 cm³/mol. The van der Waals surface area contributed by atoms with Crippen LogP contribution in [-0.2, 0) is 36.8 Å². The van der Waals surface area contributed by atoms with E-state index in [-0.39, 0.29) is 48.3 Å². The molecule has 0 aromatic carbocycles. The number of nitrogens with one attached hydrogen (secondary N) is 3. The van der Waals surface area contributed by atoms with Crippen molar-refractivity contribution < 1.29 is 64.4 Å². The molecule has 4 heterocycles. The summed E-state index contributed by atoms with van der Waals surface area (Å²) in [6.07, 6.45) is -3.29. The third kappa shape index (κ3) is 12.4. The van der Waals surface area contributed by atoms with Crippen LogP contribution in [0.5, 0.6) is 0 Å². The Morgan fingerprint density at radius 1 is 1.00 bits per heavy atom. The molecule has 5 rings (SSSR count). The van der Waals surface area contributed by atoms with Crippen molar-refractivity contribution in [1.29, 1.82) is 0 Å². The molecule has 0 spiro atoms. The number of anilines is 1. The lowest BCUT2D eigenvalue weighted by atomic mass is 10.1. The van der Waals surface area contributed by atoms with Gasteiger partial charge < -0.3 is 24.8 Å². The van der Waals surface area contributed by atoms with Gasteiger partial charge in [-0.25, -0.2) is 9.59 Å². The number of amides is 2. The molecule has 3 aromatic rings. The lowest BCUT2D eigenvalue weighted by molar-refractivity contribution is -0.326. The molecule has 22 heteroatoms. The van der Waals surface area contributed by atoms with Crippen molar-refractivity contribution in [2.24, 2.45) is 0 Å². The van der Waals surface area contributed by atoms with E-state index >= 15 is 0 Å². The Hall–Kier alpha value is -4.70. The Morgan fingerprint density at radius 2 is 1.59 bits per heavy atom. The zero-order valence-corrected chi connectivity index (χ0v) is 26.0. The van der Waals surface area contributed by atoms with Crippen LogP contribution < -0.4 is 10.6 Å². The molecule has 2 amide bonds. The molecular formula is C27H32F6N8O8. The maximum Gasteiger partial charge on any atom is 0.522 e. The molecule has 3 N–H and O–H groups in total. The molecule has 0 unspecified atom stereocenters. The number of alkyl carbamates (subject to hydrolysis) is 1. The van der Waals surface area contributed by atoms with E-state index in [9.17, 15) is 40.7 Å². The van der Waals surface area contributed by atoms with Gasteiger partial charge in [-0.3, -0.25) is 28.7 Å². The number of esters is 1. The number of halogens is 6. The zero-order chi connectivity index (χ0) is 35.8. The minimum absolute atomic E-state index is 0.101. The maximum absolute atomic E-state index is 12.4. The molecule has 3 aromatic heterocycles. The van der Waals surface area contributed by atoms with Gasteiger partial charge in [0.1, 0.15) is 12.2 Å². The molecule has 270 valence electrons. The normalized spacial score (nSPS) is 18.3. The van der Waals surface area contributed by atoms with E-state index in [1.54, 1.807) is 6.07 Å². The molecule has 0 bridgehead atoms. The fourth-order valence-corrected chi connectivity index (χ4v) is 4.21. The van der Waals surface area contributed by atoms with Crippen LogP contribution >= 0.6 is 0 Å². The second-order valence-electron chi connectivity index (χ2n) is 11.0. The monoisotopic (exact) mass is 710 g/mol. The van der Waals surface area contributed by atoms with Crippen molar-refractivity contribution in [2.45, 2.75) is 69.7 Å². The number of aromatic nitrogens is 6. The number of hydrogen-bond acceptors (Lipinski definition) is 11. The number of carbonyl (C=O) groups is 3. The number of hydrogen-bond donors (Lipinski definition) is 3. The van der Waals surface area contributed by atoms with Crippen LogP contribution in [0.4, 0.5) is 37.0 Å². The fourth-order valence-electron chi connectivity index (χ4n) is 4.21. The summed E-state index contributed by atoms with van der Waals surface area (Å²) in [4.78, 5) is 35.3. The molecule has 2 atom stereocenters. The molecule has 49 heavy (non-hydrogen) atoms. The van der Waals surface area contributed by atoms with E-state index in [4.69, 9.17) is 9.47 Å². The minimum Gasteiger partial charge on any atom is -0.465 e. The van der Waals surface area contributed by atoms with Gasteiger partial charge in [-0.1, -0.05) is 0 Å². The summed E-state index contributed by atoms with van der Waals surface area (Å²) in [6, 6.07) is 1.60. The topological polar surface area (TPSA) is 186 Å². The third-order valence-electron chi connectivity index (χ3n) is 6.95. The molecular weight excluding hydrogens is 678 g/mol. The van der Waals surface area contributed by atoms with E-state index in [1.807, 2.05) is 6.92 Å². The summed E-state index contributed by atoms with van der Waals surface area (Å²) < 4.78 is 96.0. The number of rotatable bonds is 12. The lowest BCUT2D eigenvalue weighted by Crippen LogP contribution is -2.37. The molecule has 1 aliphatic carbocycles. The minimum atomic E-state index is -4.72. The summed E-state index contributed by atoms with van der Waals surface area (Å²) >= 11 is 0. The van der Waals surface area contributed by atoms with Crippen LogP contribution in [-0.4, -0.2) is 99.0 Å². The van der Waals surface area contributed by atoms with Gasteiger partial charge in [0.25, 0.3) is 5.91 Å². The summed E-state index contributed by atoms with van der Waals surface area (Å²) in [5, 5.41) is 19.7. The molecule has 1 saturated carbocycles. The van der Waals surface area contributed by atoms with Crippen molar-refractivity contribution >= 4 is 23.8 Å². The van der Waals surface area contributed by atoms with Crippen molar-refractivity contribution in [2.75, 3.05) is 32.2 Å². The first-order chi connectivity index (χ1) is 23.0. The summed E-state index contributed by atoms with van der Waals surface area (Å²) in [7, 11) is 1.20. The maximum atomic E-state index is 12.4. The lowest BCUT2D eigenvalue weighted by Gasteiger charge is -2.15. The zero-order valence-electron chi connectivity index (χ0n) is 26.0. The van der Waals surface area contributed by atoms with Gasteiger partial charge in [0.2, 0.25) is 0 Å². The highest BCUT2D eigenvalue weighted by Crippen LogP contribution is 2.35. The van der Waals surface area contributed by atoms with E-state index in [0.717, 1.165) is 17.5 Å². The quantitative estimate of drug-likeness (QED) is 0.184. The first-order valence-corrected chi connectivity index (χ1v) is 14.5. The number of aromatic amines is 1. The molecule has 16 nitrogen and oxygen atoms in total. The smallest absolute Gasteiger partial charge is 0.465 e. The Bertz CT molecular complexity index is 1570. The van der Waals surface area contributed by atoms with E-state index in [2.05, 4.69) is 45.2 Å². The standard InChI is InChI=1S/C19H23F3N6O5.C8H9F3N2O3/c1-18(2-3-18)25-17(30)33-12-6-14(31-10-12)13-7-15(27-26-13)24-16(29)11-8-23-28(9-11)4-5-32-19(20,21)22;1-15-7(14)6-4-12-13(5-6)2-3-16-8(9,10)11/h7-9,12,14H,2-6,10H2,1H3,(H,25,30)(H2,24,26,27,29);4-5H,2-3H2,1H3/t12-,14-;/m1./s1. The Morgan fingerprint density at radius 3 is 2.16 bits per heavy atom. The van der Waals surface area contributed by atoms with E-state index in [1.165, 1.54) is 36.6 Å². The second-order valence-corrected chi connectivity index (χ2v) is 11.0. The highest BCUT2D eigenvalue weighted by Gasteiger charge is 2.40. The van der Waals surface area contributed by atoms with Crippen molar-refractivity contribution in [3.8, 4) is 0 Å².